The molecule has 0 saturated heterocycles. The van der Waals surface area contributed by atoms with Crippen LogP contribution in [0.15, 0.2) is 15.0 Å². The molecular formula is C4H6N6O2. The zero-order chi connectivity index (χ0) is 9.14. The monoisotopic (exact) mass is 170 g/mol. The van der Waals surface area contributed by atoms with Gasteiger partial charge in [-0.2, -0.15) is 0 Å². The Morgan fingerprint density at radius 2 is 2.08 bits per heavy atom. The molecule has 64 valence electrons. The maximum absolute atomic E-state index is 10.8. The van der Waals surface area contributed by atoms with Crippen molar-refractivity contribution in [2.24, 2.45) is 16.0 Å². The van der Waals surface area contributed by atoms with Gasteiger partial charge < -0.3 is 11.5 Å². The van der Waals surface area contributed by atoms with Crippen LogP contribution in [0.4, 0.5) is 16.3 Å². The topological polar surface area (TPSA) is 142 Å². The van der Waals surface area contributed by atoms with Crippen molar-refractivity contribution in [3.05, 3.63) is 10.4 Å². The van der Waals surface area contributed by atoms with Crippen LogP contribution in [0.25, 0.3) is 0 Å². The number of carbonyl (C=O) groups excluding carboxylic acids is 1. The van der Waals surface area contributed by atoms with Gasteiger partial charge in [-0.15, -0.1) is 5.11 Å². The maximum Gasteiger partial charge on any atom is 0.357 e. The van der Waals surface area contributed by atoms with E-state index in [9.17, 15) is 9.59 Å². The summed E-state index contributed by atoms with van der Waals surface area (Å²) in [7, 11) is 0. The molecular weight excluding hydrogens is 164 g/mol. The molecule has 1 aromatic rings. The summed E-state index contributed by atoms with van der Waals surface area (Å²) in [4.78, 5) is 20.9. The number of hydrogen-bond acceptors (Lipinski definition) is 4. The number of nitrogen functional groups attached to an aromatic ring is 1. The van der Waals surface area contributed by atoms with Gasteiger partial charge in [-0.3, -0.25) is 15.0 Å². The molecule has 0 saturated carbocycles. The Morgan fingerprint density at radius 1 is 1.42 bits per heavy atom. The summed E-state index contributed by atoms with van der Waals surface area (Å²) < 4.78 is 0. The predicted molar refractivity (Wildman–Crippen MR) is 39.9 cm³/mol. The maximum atomic E-state index is 10.8. The van der Waals surface area contributed by atoms with Crippen LogP contribution in [0.2, 0.25) is 0 Å². The van der Waals surface area contributed by atoms with E-state index in [1.165, 1.54) is 0 Å². The molecule has 0 unspecified atom stereocenters. The number of primary amides is 1. The summed E-state index contributed by atoms with van der Waals surface area (Å²) in [5.74, 6) is 0.00463. The molecule has 8 heteroatoms. The van der Waals surface area contributed by atoms with E-state index in [2.05, 4.69) is 26.2 Å². The van der Waals surface area contributed by atoms with Crippen molar-refractivity contribution in [1.82, 2.24) is 10.2 Å². The molecule has 0 radical (unpaired) electrons. The molecule has 1 heterocycles. The number of anilines is 1. The standard InChI is InChI=1S/C4H6N6O2/c5-2-1(3(11)9-8-2)7-10-4(6)12/h(H2,6,12)(H4,5,8,9,11). The third-order valence-electron chi connectivity index (χ3n) is 1.03. The highest BCUT2D eigenvalue weighted by Gasteiger charge is 2.04. The van der Waals surface area contributed by atoms with Crippen LogP contribution in [0.5, 0.6) is 0 Å². The molecule has 1 rings (SSSR count). The number of aromatic amines is 2. The predicted octanol–water partition coefficient (Wildman–Crippen LogP) is -0.552. The molecule has 12 heavy (non-hydrogen) atoms. The third kappa shape index (κ3) is 1.48. The number of rotatable bonds is 1. The second-order valence-electron chi connectivity index (χ2n) is 1.88. The highest BCUT2D eigenvalue weighted by molar-refractivity contribution is 5.72. The van der Waals surface area contributed by atoms with Crippen molar-refractivity contribution >= 4 is 17.5 Å². The number of azo groups is 1. The van der Waals surface area contributed by atoms with Gasteiger partial charge in [0.2, 0.25) is 0 Å². The fourth-order valence-electron chi connectivity index (χ4n) is 0.563. The second kappa shape index (κ2) is 2.86. The molecule has 0 aliphatic heterocycles. The Hall–Kier alpha value is -2.12. The molecule has 0 aromatic carbocycles. The van der Waals surface area contributed by atoms with Crippen molar-refractivity contribution in [1.29, 1.82) is 0 Å². The fraction of sp³-hybridized carbons (Fsp3) is 0. The highest BCUT2D eigenvalue weighted by Crippen LogP contribution is 2.11. The SMILES string of the molecule is NC(=O)N=Nc1c(N)[nH][nH]c1=O. The van der Waals surface area contributed by atoms with Crippen molar-refractivity contribution in [2.75, 3.05) is 5.73 Å². The van der Waals surface area contributed by atoms with Gasteiger partial charge in [-0.1, -0.05) is 5.11 Å². The zero-order valence-corrected chi connectivity index (χ0v) is 5.87. The molecule has 0 aliphatic rings. The number of nitrogens with zero attached hydrogens (tertiary/aromatic N) is 2. The summed E-state index contributed by atoms with van der Waals surface area (Å²) in [6.45, 7) is 0. The van der Waals surface area contributed by atoms with E-state index in [0.717, 1.165) is 0 Å². The van der Waals surface area contributed by atoms with Crippen LogP contribution in [-0.4, -0.2) is 16.2 Å². The van der Waals surface area contributed by atoms with Crippen molar-refractivity contribution in [3.63, 3.8) is 0 Å². The minimum Gasteiger partial charge on any atom is -0.382 e. The van der Waals surface area contributed by atoms with Crippen LogP contribution in [0.1, 0.15) is 0 Å². The first-order valence-electron chi connectivity index (χ1n) is 2.88. The van der Waals surface area contributed by atoms with E-state index in [4.69, 9.17) is 5.73 Å². The Morgan fingerprint density at radius 3 is 2.50 bits per heavy atom. The first kappa shape index (κ1) is 7.98. The second-order valence-corrected chi connectivity index (χ2v) is 1.88. The zero-order valence-electron chi connectivity index (χ0n) is 5.87. The van der Waals surface area contributed by atoms with Gasteiger partial charge in [-0.05, 0) is 0 Å². The molecule has 8 nitrogen and oxygen atoms in total. The van der Waals surface area contributed by atoms with Crippen molar-refractivity contribution in [3.8, 4) is 0 Å². The molecule has 0 atom stereocenters. The van der Waals surface area contributed by atoms with E-state index in [-0.39, 0.29) is 11.5 Å². The Labute approximate surface area is 65.6 Å². The van der Waals surface area contributed by atoms with Gasteiger partial charge in [0.05, 0.1) is 0 Å². The minimum absolute atomic E-state index is 0.00463. The minimum atomic E-state index is -0.991. The lowest BCUT2D eigenvalue weighted by Crippen LogP contribution is -2.03. The van der Waals surface area contributed by atoms with Crippen LogP contribution >= 0.6 is 0 Å². The smallest absolute Gasteiger partial charge is 0.357 e. The summed E-state index contributed by atoms with van der Waals surface area (Å²) in [6.07, 6.45) is 0. The molecule has 6 N–H and O–H groups in total. The average Bonchev–Trinajstić information content (AvgIpc) is 2.28. The third-order valence-corrected chi connectivity index (χ3v) is 1.03. The van der Waals surface area contributed by atoms with E-state index < -0.39 is 11.6 Å². The summed E-state index contributed by atoms with van der Waals surface area (Å²) >= 11 is 0. The number of urea groups is 1. The van der Waals surface area contributed by atoms with Gasteiger partial charge in [0.15, 0.2) is 5.69 Å². The van der Waals surface area contributed by atoms with E-state index >= 15 is 0 Å². The summed E-state index contributed by atoms with van der Waals surface area (Å²) in [5.41, 5.74) is 9.17. The largest absolute Gasteiger partial charge is 0.382 e. The van der Waals surface area contributed by atoms with Crippen LogP contribution in [0.3, 0.4) is 0 Å². The fourth-order valence-corrected chi connectivity index (χ4v) is 0.563. The van der Waals surface area contributed by atoms with E-state index in [0.29, 0.717) is 0 Å². The number of nitrogens with one attached hydrogen (secondary N) is 2. The summed E-state index contributed by atoms with van der Waals surface area (Å²) in [5, 5.41) is 10.6. The Kier molecular flexibility index (Phi) is 1.90. The van der Waals surface area contributed by atoms with Gasteiger partial charge in [0, 0.05) is 0 Å². The number of amides is 2. The Balaban J connectivity index is 3.03. The van der Waals surface area contributed by atoms with Gasteiger partial charge >= 0.3 is 6.03 Å². The molecule has 1 aromatic heterocycles. The van der Waals surface area contributed by atoms with E-state index in [1.807, 2.05) is 0 Å². The van der Waals surface area contributed by atoms with E-state index in [1.54, 1.807) is 0 Å². The average molecular weight is 170 g/mol. The molecule has 0 aliphatic carbocycles. The Bertz CT molecular complexity index is 373. The number of nitrogens with two attached hydrogens (primary N) is 2. The van der Waals surface area contributed by atoms with Crippen LogP contribution < -0.4 is 17.0 Å². The number of hydrogen-bond donors (Lipinski definition) is 4. The number of aromatic nitrogens is 2. The van der Waals surface area contributed by atoms with Crippen molar-refractivity contribution < 1.29 is 4.79 Å². The lowest BCUT2D eigenvalue weighted by atomic mass is 10.5. The van der Waals surface area contributed by atoms with Crippen LogP contribution in [-0.2, 0) is 0 Å². The van der Waals surface area contributed by atoms with Gasteiger partial charge in [0.1, 0.15) is 5.82 Å². The lowest BCUT2D eigenvalue weighted by molar-refractivity contribution is 0.255. The number of carbonyl (C=O) groups is 1. The van der Waals surface area contributed by atoms with Crippen LogP contribution in [0, 0.1) is 0 Å². The van der Waals surface area contributed by atoms with Crippen molar-refractivity contribution in [2.45, 2.75) is 0 Å². The van der Waals surface area contributed by atoms with Gasteiger partial charge in [0.25, 0.3) is 5.56 Å². The normalized spacial score (nSPS) is 10.7. The molecule has 0 fully saturated rings. The first-order valence-corrected chi connectivity index (χ1v) is 2.88. The first-order chi connectivity index (χ1) is 5.61. The quantitative estimate of drug-likeness (QED) is 0.419. The summed E-state index contributed by atoms with van der Waals surface area (Å²) in [6, 6.07) is -0.991. The molecule has 0 spiro atoms. The van der Waals surface area contributed by atoms with Gasteiger partial charge in [-0.25, -0.2) is 4.79 Å². The molecule has 0 bridgehead atoms. The number of H-pyrrole nitrogens is 2. The molecule has 2 amide bonds. The lowest BCUT2D eigenvalue weighted by Gasteiger charge is -1.83. The highest BCUT2D eigenvalue weighted by atomic mass is 16.2.